The lowest BCUT2D eigenvalue weighted by molar-refractivity contribution is -0.139. The molecule has 0 radical (unpaired) electrons. The second-order valence-corrected chi connectivity index (χ2v) is 6.99. The number of ether oxygens (including phenoxy) is 1. The number of benzene rings is 1. The molecule has 1 aliphatic heterocycles. The smallest absolute Gasteiger partial charge is 0.421 e. The molecule has 154 valence electrons. The van der Waals surface area contributed by atoms with Gasteiger partial charge in [-0.25, -0.2) is 4.98 Å². The van der Waals surface area contributed by atoms with Crippen LogP contribution >= 0.6 is 0 Å². The number of aryl methyl sites for hydroxylation is 1. The predicted octanol–water partition coefficient (Wildman–Crippen LogP) is 4.65. The number of amides is 1. The summed E-state index contributed by atoms with van der Waals surface area (Å²) in [6, 6.07) is 9.75. The Morgan fingerprint density at radius 3 is 2.77 bits per heavy atom. The van der Waals surface area contributed by atoms with E-state index in [0.29, 0.717) is 18.4 Å². The van der Waals surface area contributed by atoms with Crippen molar-refractivity contribution in [2.24, 2.45) is 0 Å². The summed E-state index contributed by atoms with van der Waals surface area (Å²) in [6.07, 6.45) is 1.03. The Morgan fingerprint density at radius 2 is 1.97 bits per heavy atom. The number of rotatable bonds is 4. The van der Waals surface area contributed by atoms with Gasteiger partial charge in [-0.3, -0.25) is 9.78 Å². The van der Waals surface area contributed by atoms with Crippen LogP contribution < -0.4 is 9.64 Å². The molecule has 0 atom stereocenters. The van der Waals surface area contributed by atoms with E-state index >= 15 is 0 Å². The van der Waals surface area contributed by atoms with Gasteiger partial charge in [0, 0.05) is 48.7 Å². The molecule has 0 aliphatic carbocycles. The van der Waals surface area contributed by atoms with Crippen LogP contribution in [0.5, 0.6) is 5.88 Å². The first-order valence-electron chi connectivity index (χ1n) is 9.32. The van der Waals surface area contributed by atoms with Gasteiger partial charge in [0.2, 0.25) is 11.8 Å². The lowest BCUT2D eigenvalue weighted by atomic mass is 9.94. The number of hydrogen-bond acceptors (Lipinski definition) is 4. The summed E-state index contributed by atoms with van der Waals surface area (Å²) in [5.41, 5.74) is 3.16. The molecule has 30 heavy (non-hydrogen) atoms. The lowest BCUT2D eigenvalue weighted by Crippen LogP contribution is -2.31. The third-order valence-corrected chi connectivity index (χ3v) is 5.00. The summed E-state index contributed by atoms with van der Waals surface area (Å²) in [7, 11) is 1.74. The van der Waals surface area contributed by atoms with E-state index in [1.807, 2.05) is 18.2 Å². The van der Waals surface area contributed by atoms with Crippen molar-refractivity contribution in [2.75, 3.05) is 11.9 Å². The van der Waals surface area contributed by atoms with Crippen LogP contribution in [0, 0.1) is 0 Å². The molecule has 0 bridgehead atoms. The van der Waals surface area contributed by atoms with Gasteiger partial charge in [0.25, 0.3) is 0 Å². The Labute approximate surface area is 171 Å². The molecule has 2 aromatic heterocycles. The fraction of sp³-hybridized carbons (Fsp3) is 0.227. The Bertz CT molecular complexity index is 1100. The number of carbonyl (C=O) groups excluding carboxylic acids is 1. The molecule has 4 rings (SSSR count). The Balaban J connectivity index is 1.62. The number of carbonyl (C=O) groups is 1. The van der Waals surface area contributed by atoms with Crippen LogP contribution in [0.4, 0.5) is 18.9 Å². The van der Waals surface area contributed by atoms with Crippen LogP contribution in [0.1, 0.15) is 23.1 Å². The summed E-state index contributed by atoms with van der Waals surface area (Å²) in [5.74, 6) is -0.435. The molecule has 5 nitrogen and oxygen atoms in total. The molecule has 3 aromatic rings. The molecule has 1 amide bonds. The number of anilines is 1. The van der Waals surface area contributed by atoms with Gasteiger partial charge in [-0.05, 0) is 30.2 Å². The fourth-order valence-corrected chi connectivity index (χ4v) is 3.54. The number of alkyl halides is 3. The van der Waals surface area contributed by atoms with Gasteiger partial charge < -0.3 is 9.64 Å². The molecule has 0 fully saturated rings. The third kappa shape index (κ3) is 3.85. The van der Waals surface area contributed by atoms with Crippen molar-refractivity contribution in [1.29, 1.82) is 0 Å². The first-order valence-corrected chi connectivity index (χ1v) is 9.32. The lowest BCUT2D eigenvalue weighted by Gasteiger charge is -2.28. The van der Waals surface area contributed by atoms with E-state index in [2.05, 4.69) is 9.97 Å². The highest BCUT2D eigenvalue weighted by atomic mass is 19.4. The molecule has 0 saturated carbocycles. The van der Waals surface area contributed by atoms with Crippen molar-refractivity contribution in [3.63, 3.8) is 0 Å². The van der Waals surface area contributed by atoms with E-state index in [9.17, 15) is 18.0 Å². The maximum atomic E-state index is 13.1. The summed E-state index contributed by atoms with van der Waals surface area (Å²) in [5, 5.41) is 0. The van der Waals surface area contributed by atoms with Gasteiger partial charge in [0.1, 0.15) is 12.2 Å². The average molecular weight is 413 g/mol. The second-order valence-electron chi connectivity index (χ2n) is 6.99. The number of halogens is 3. The van der Waals surface area contributed by atoms with Crippen molar-refractivity contribution in [2.45, 2.75) is 25.6 Å². The summed E-state index contributed by atoms with van der Waals surface area (Å²) >= 11 is 0. The SMILES string of the molecule is CN1C(=O)CCc2cccc(-c3cncc(COc4ncccc4C(F)(F)F)c3)c21. The number of nitrogens with zero attached hydrogens (tertiary/aromatic N) is 3. The number of fused-ring (bicyclic) bond motifs is 1. The fourth-order valence-electron chi connectivity index (χ4n) is 3.54. The van der Waals surface area contributed by atoms with Crippen LogP contribution in [-0.4, -0.2) is 22.9 Å². The molecule has 0 spiro atoms. The summed E-state index contributed by atoms with van der Waals surface area (Å²) in [4.78, 5) is 21.7. The molecule has 0 saturated heterocycles. The maximum absolute atomic E-state index is 13.1. The van der Waals surface area contributed by atoms with Gasteiger partial charge in [-0.2, -0.15) is 13.2 Å². The zero-order chi connectivity index (χ0) is 21.3. The summed E-state index contributed by atoms with van der Waals surface area (Å²) in [6.45, 7) is -0.120. The van der Waals surface area contributed by atoms with Crippen LogP contribution in [0.2, 0.25) is 0 Å². The molecule has 1 aromatic carbocycles. The van der Waals surface area contributed by atoms with Crippen LogP contribution in [0.25, 0.3) is 11.1 Å². The molecular formula is C22H18F3N3O2. The van der Waals surface area contributed by atoms with Crippen LogP contribution in [0.15, 0.2) is 55.0 Å². The molecule has 8 heteroatoms. The standard InChI is InChI=1S/C22H18F3N3O2/c1-28-19(29)8-7-15-4-2-5-17(20(15)28)16-10-14(11-26-12-16)13-30-21-18(22(23,24)25)6-3-9-27-21/h2-6,9-12H,7-8,13H2,1H3. The Kier molecular flexibility index (Phi) is 5.15. The van der Waals surface area contributed by atoms with Crippen LogP contribution in [0.3, 0.4) is 0 Å². The first kappa shape index (κ1) is 19.9. The minimum Gasteiger partial charge on any atom is -0.472 e. The average Bonchev–Trinajstić information content (AvgIpc) is 2.74. The van der Waals surface area contributed by atoms with Crippen molar-refractivity contribution >= 4 is 11.6 Å². The van der Waals surface area contributed by atoms with Gasteiger partial charge >= 0.3 is 6.18 Å². The monoisotopic (exact) mass is 413 g/mol. The second kappa shape index (κ2) is 7.78. The highest BCUT2D eigenvalue weighted by molar-refractivity contribution is 6.00. The number of para-hydroxylation sites is 1. The topological polar surface area (TPSA) is 55.3 Å². The Hall–Kier alpha value is -3.42. The third-order valence-electron chi connectivity index (χ3n) is 5.00. The minimum absolute atomic E-state index is 0.0391. The van der Waals surface area contributed by atoms with Crippen molar-refractivity contribution < 1.29 is 22.7 Å². The highest BCUT2D eigenvalue weighted by Crippen LogP contribution is 2.37. The van der Waals surface area contributed by atoms with Crippen molar-refractivity contribution in [1.82, 2.24) is 9.97 Å². The minimum atomic E-state index is -4.55. The summed E-state index contributed by atoms with van der Waals surface area (Å²) < 4.78 is 44.7. The molecule has 1 aliphatic rings. The number of aromatic nitrogens is 2. The van der Waals surface area contributed by atoms with E-state index in [4.69, 9.17) is 4.74 Å². The molecule has 0 unspecified atom stereocenters. The zero-order valence-electron chi connectivity index (χ0n) is 16.1. The molecule has 0 N–H and O–H groups in total. The maximum Gasteiger partial charge on any atom is 0.421 e. The normalized spacial score (nSPS) is 13.9. The van der Waals surface area contributed by atoms with E-state index in [0.717, 1.165) is 28.4 Å². The van der Waals surface area contributed by atoms with Crippen molar-refractivity contribution in [3.8, 4) is 17.0 Å². The number of pyridine rings is 2. The van der Waals surface area contributed by atoms with E-state index in [-0.39, 0.29) is 12.5 Å². The van der Waals surface area contributed by atoms with Gasteiger partial charge in [-0.15, -0.1) is 0 Å². The zero-order valence-corrected chi connectivity index (χ0v) is 16.1. The molecule has 3 heterocycles. The van der Waals surface area contributed by atoms with Gasteiger partial charge in [0.05, 0.1) is 5.69 Å². The van der Waals surface area contributed by atoms with Gasteiger partial charge in [-0.1, -0.05) is 18.2 Å². The first-order chi connectivity index (χ1) is 14.3. The quantitative estimate of drug-likeness (QED) is 0.625. The van der Waals surface area contributed by atoms with E-state index < -0.39 is 17.6 Å². The van der Waals surface area contributed by atoms with E-state index in [1.165, 1.54) is 18.5 Å². The van der Waals surface area contributed by atoms with Gasteiger partial charge in [0.15, 0.2) is 0 Å². The van der Waals surface area contributed by atoms with E-state index in [1.54, 1.807) is 24.2 Å². The Morgan fingerprint density at radius 1 is 1.13 bits per heavy atom. The largest absolute Gasteiger partial charge is 0.472 e. The highest BCUT2D eigenvalue weighted by Gasteiger charge is 2.35. The van der Waals surface area contributed by atoms with Crippen LogP contribution in [-0.2, 0) is 24.0 Å². The number of hydrogen-bond donors (Lipinski definition) is 0. The predicted molar refractivity (Wildman–Crippen MR) is 105 cm³/mol. The van der Waals surface area contributed by atoms with Crippen molar-refractivity contribution in [3.05, 3.63) is 71.7 Å². The molecular weight excluding hydrogens is 395 g/mol.